The number of benzene rings is 2. The van der Waals surface area contributed by atoms with E-state index in [2.05, 4.69) is 5.32 Å². The fourth-order valence-corrected chi connectivity index (χ4v) is 3.55. The van der Waals surface area contributed by atoms with Crippen LogP contribution >= 0.6 is 0 Å². The third kappa shape index (κ3) is 2.90. The summed E-state index contributed by atoms with van der Waals surface area (Å²) in [5, 5.41) is 4.33. The SMILES string of the molecule is Cc1cc2oc(=O)cc(-c3oc4ccccc4c3NC(=O)c3ccco3)c2cc1C. The van der Waals surface area contributed by atoms with Gasteiger partial charge in [-0.3, -0.25) is 4.79 Å². The van der Waals surface area contributed by atoms with Gasteiger partial charge >= 0.3 is 5.63 Å². The Kier molecular flexibility index (Phi) is 4.06. The van der Waals surface area contributed by atoms with Crippen molar-refractivity contribution in [3.8, 4) is 11.3 Å². The second kappa shape index (κ2) is 6.77. The molecular weight excluding hydrogens is 382 g/mol. The monoisotopic (exact) mass is 399 g/mol. The summed E-state index contributed by atoms with van der Waals surface area (Å²) >= 11 is 0. The topological polar surface area (TPSA) is 85.6 Å². The van der Waals surface area contributed by atoms with Crippen molar-refractivity contribution >= 4 is 33.5 Å². The van der Waals surface area contributed by atoms with Gasteiger partial charge in [0.05, 0.1) is 12.0 Å². The summed E-state index contributed by atoms with van der Waals surface area (Å²) in [6, 6.07) is 15.8. The van der Waals surface area contributed by atoms with Gasteiger partial charge in [-0.2, -0.15) is 0 Å². The number of nitrogens with one attached hydrogen (secondary N) is 1. The van der Waals surface area contributed by atoms with Crippen molar-refractivity contribution in [3.63, 3.8) is 0 Å². The van der Waals surface area contributed by atoms with E-state index in [0.717, 1.165) is 21.9 Å². The number of carbonyl (C=O) groups excluding carboxylic acids is 1. The number of rotatable bonds is 3. The van der Waals surface area contributed by atoms with Crippen molar-refractivity contribution in [1.29, 1.82) is 0 Å². The summed E-state index contributed by atoms with van der Waals surface area (Å²) in [6.45, 7) is 3.94. The van der Waals surface area contributed by atoms with Gasteiger partial charge in [-0.1, -0.05) is 12.1 Å². The van der Waals surface area contributed by atoms with Crippen LogP contribution in [0.4, 0.5) is 5.69 Å². The highest BCUT2D eigenvalue weighted by atomic mass is 16.4. The summed E-state index contributed by atoms with van der Waals surface area (Å²) in [5.74, 6) is 0.152. The van der Waals surface area contributed by atoms with Gasteiger partial charge in [0.1, 0.15) is 11.2 Å². The molecule has 3 aromatic heterocycles. The Labute approximate surface area is 170 Å². The first-order valence-corrected chi connectivity index (χ1v) is 9.43. The molecule has 5 rings (SSSR count). The van der Waals surface area contributed by atoms with Gasteiger partial charge in [-0.25, -0.2) is 4.79 Å². The quantitative estimate of drug-likeness (QED) is 0.395. The van der Waals surface area contributed by atoms with Crippen molar-refractivity contribution in [2.24, 2.45) is 0 Å². The first-order valence-electron chi connectivity index (χ1n) is 9.43. The van der Waals surface area contributed by atoms with Crippen LogP contribution in [0.5, 0.6) is 0 Å². The smallest absolute Gasteiger partial charge is 0.336 e. The molecule has 0 aliphatic heterocycles. The molecule has 148 valence electrons. The molecule has 0 fully saturated rings. The summed E-state index contributed by atoms with van der Waals surface area (Å²) < 4.78 is 16.7. The lowest BCUT2D eigenvalue weighted by Crippen LogP contribution is -2.11. The maximum Gasteiger partial charge on any atom is 0.336 e. The Balaban J connectivity index is 1.78. The summed E-state index contributed by atoms with van der Waals surface area (Å²) in [5.41, 5.74) is 3.64. The normalized spacial score (nSPS) is 11.3. The molecule has 1 N–H and O–H groups in total. The van der Waals surface area contributed by atoms with Crippen LogP contribution in [0.2, 0.25) is 0 Å². The number of anilines is 1. The van der Waals surface area contributed by atoms with Gasteiger partial charge in [0.2, 0.25) is 0 Å². The number of fused-ring (bicyclic) bond motifs is 2. The third-order valence-electron chi connectivity index (χ3n) is 5.18. The molecule has 1 amide bonds. The van der Waals surface area contributed by atoms with E-state index in [1.54, 1.807) is 12.1 Å². The second-order valence-electron chi connectivity index (χ2n) is 7.15. The third-order valence-corrected chi connectivity index (χ3v) is 5.18. The zero-order chi connectivity index (χ0) is 20.8. The molecule has 6 heteroatoms. The van der Waals surface area contributed by atoms with Crippen molar-refractivity contribution in [1.82, 2.24) is 0 Å². The van der Waals surface area contributed by atoms with Crippen molar-refractivity contribution in [2.75, 3.05) is 5.32 Å². The average molecular weight is 399 g/mol. The molecule has 2 aromatic carbocycles. The van der Waals surface area contributed by atoms with Gasteiger partial charge in [0, 0.05) is 22.4 Å². The Bertz CT molecular complexity index is 1470. The van der Waals surface area contributed by atoms with E-state index in [9.17, 15) is 9.59 Å². The maximum absolute atomic E-state index is 12.7. The molecule has 6 nitrogen and oxygen atoms in total. The Morgan fingerprint density at radius 3 is 2.47 bits per heavy atom. The van der Waals surface area contributed by atoms with Crippen LogP contribution in [-0.4, -0.2) is 5.91 Å². The molecule has 0 saturated heterocycles. The Morgan fingerprint density at radius 2 is 1.67 bits per heavy atom. The van der Waals surface area contributed by atoms with E-state index in [1.165, 1.54) is 12.3 Å². The van der Waals surface area contributed by atoms with Crippen molar-refractivity contribution in [3.05, 3.63) is 88.2 Å². The number of hydrogen-bond acceptors (Lipinski definition) is 5. The second-order valence-corrected chi connectivity index (χ2v) is 7.15. The molecule has 5 aromatic rings. The van der Waals surface area contributed by atoms with Crippen LogP contribution in [0.3, 0.4) is 0 Å². The molecule has 0 atom stereocenters. The molecule has 0 aliphatic carbocycles. The molecule has 0 saturated carbocycles. The first kappa shape index (κ1) is 18.0. The number of hydrogen-bond donors (Lipinski definition) is 1. The standard InChI is InChI=1S/C24H17NO5/c1-13-10-16-17(12-21(26)29-20(16)11-14(13)2)23-22(15-6-3-4-7-18(15)30-23)25-24(27)19-8-5-9-28-19/h3-12H,1-2H3,(H,25,27). The molecule has 30 heavy (non-hydrogen) atoms. The minimum Gasteiger partial charge on any atom is -0.459 e. The summed E-state index contributed by atoms with van der Waals surface area (Å²) in [4.78, 5) is 25.0. The Morgan fingerprint density at radius 1 is 0.867 bits per heavy atom. The minimum absolute atomic E-state index is 0.176. The highest BCUT2D eigenvalue weighted by Gasteiger charge is 2.22. The van der Waals surface area contributed by atoms with E-state index in [0.29, 0.717) is 28.2 Å². The lowest BCUT2D eigenvalue weighted by Gasteiger charge is -2.09. The highest BCUT2D eigenvalue weighted by Crippen LogP contribution is 2.41. The molecule has 0 unspecified atom stereocenters. The highest BCUT2D eigenvalue weighted by molar-refractivity contribution is 6.12. The van der Waals surface area contributed by atoms with E-state index in [1.807, 2.05) is 50.2 Å². The van der Waals surface area contributed by atoms with E-state index in [-0.39, 0.29) is 5.76 Å². The fourth-order valence-electron chi connectivity index (χ4n) is 3.55. The largest absolute Gasteiger partial charge is 0.459 e. The van der Waals surface area contributed by atoms with Crippen LogP contribution in [0.25, 0.3) is 33.3 Å². The molecule has 0 aliphatic rings. The summed E-state index contributed by atoms with van der Waals surface area (Å²) in [6.07, 6.45) is 1.43. The van der Waals surface area contributed by atoms with Crippen LogP contribution < -0.4 is 10.9 Å². The first-order chi connectivity index (χ1) is 14.5. The fraction of sp³-hybridized carbons (Fsp3) is 0.0833. The van der Waals surface area contributed by atoms with Crippen molar-refractivity contribution < 1.29 is 18.0 Å². The zero-order valence-electron chi connectivity index (χ0n) is 16.3. The van der Waals surface area contributed by atoms with Gasteiger partial charge in [-0.15, -0.1) is 0 Å². The predicted octanol–water partition coefficient (Wildman–Crippen LogP) is 5.67. The number of carbonyl (C=O) groups is 1. The Hall–Kier alpha value is -4.06. The van der Waals surface area contributed by atoms with Crippen LogP contribution in [0.1, 0.15) is 21.7 Å². The number of furan rings is 2. The average Bonchev–Trinajstić information content (AvgIpc) is 3.37. The lowest BCUT2D eigenvalue weighted by atomic mass is 10.0. The van der Waals surface area contributed by atoms with E-state index >= 15 is 0 Å². The zero-order valence-corrected chi connectivity index (χ0v) is 16.3. The molecule has 3 heterocycles. The van der Waals surface area contributed by atoms with E-state index in [4.69, 9.17) is 13.3 Å². The van der Waals surface area contributed by atoms with Gasteiger partial charge in [-0.05, 0) is 61.4 Å². The number of para-hydroxylation sites is 1. The number of aryl methyl sites for hydroxylation is 2. The van der Waals surface area contributed by atoms with E-state index < -0.39 is 11.5 Å². The summed E-state index contributed by atoms with van der Waals surface area (Å²) in [7, 11) is 0. The van der Waals surface area contributed by atoms with Gasteiger partial charge in [0.15, 0.2) is 11.5 Å². The van der Waals surface area contributed by atoms with Gasteiger partial charge in [0.25, 0.3) is 5.91 Å². The molecule has 0 spiro atoms. The van der Waals surface area contributed by atoms with Crippen LogP contribution in [-0.2, 0) is 0 Å². The predicted molar refractivity (Wildman–Crippen MR) is 114 cm³/mol. The van der Waals surface area contributed by atoms with Crippen molar-refractivity contribution in [2.45, 2.75) is 13.8 Å². The lowest BCUT2D eigenvalue weighted by molar-refractivity contribution is 0.0996. The molecular formula is C24H17NO5. The molecule has 0 bridgehead atoms. The van der Waals surface area contributed by atoms with Crippen LogP contribution in [0, 0.1) is 13.8 Å². The van der Waals surface area contributed by atoms with Gasteiger partial charge < -0.3 is 18.6 Å². The minimum atomic E-state index is -0.496. The molecule has 0 radical (unpaired) electrons. The number of amides is 1. The van der Waals surface area contributed by atoms with Crippen LogP contribution in [0.15, 0.2) is 78.9 Å². The maximum atomic E-state index is 12.7.